The lowest BCUT2D eigenvalue weighted by molar-refractivity contribution is -0.140. The van der Waals surface area contributed by atoms with Crippen LogP contribution < -0.4 is 4.74 Å². The number of unbranched alkanes of at least 4 members (excludes halogenated alkanes) is 3. The summed E-state index contributed by atoms with van der Waals surface area (Å²) >= 11 is 0. The minimum atomic E-state index is -0.464. The van der Waals surface area contributed by atoms with E-state index in [1.54, 1.807) is 7.11 Å². The minimum Gasteiger partial charge on any atom is -0.497 e. The van der Waals surface area contributed by atoms with Crippen molar-refractivity contribution in [1.29, 1.82) is 0 Å². The molecule has 1 aromatic carbocycles. The molecule has 5 heteroatoms. The molecule has 5 nitrogen and oxygen atoms in total. The first-order valence-corrected chi connectivity index (χ1v) is 12.5. The fourth-order valence-electron chi connectivity index (χ4n) is 3.41. The molecule has 0 unspecified atom stereocenters. The predicted octanol–water partition coefficient (Wildman–Crippen LogP) is 6.70. The average Bonchev–Trinajstić information content (AvgIpc) is 2.86. The van der Waals surface area contributed by atoms with Gasteiger partial charge < -0.3 is 19.3 Å². The van der Waals surface area contributed by atoms with Crippen molar-refractivity contribution in [3.63, 3.8) is 0 Å². The number of aliphatic hydroxyl groups is 1. The number of hydrogen-bond donors (Lipinski definition) is 1. The Hall–Kier alpha value is -2.37. The zero-order chi connectivity index (χ0) is 24.9. The van der Waals surface area contributed by atoms with Crippen LogP contribution in [0.2, 0.25) is 0 Å². The fourth-order valence-corrected chi connectivity index (χ4v) is 3.41. The zero-order valence-electron chi connectivity index (χ0n) is 21.3. The lowest BCUT2D eigenvalue weighted by atomic mass is 10.0. The molecule has 0 aliphatic rings. The quantitative estimate of drug-likeness (QED) is 0.138. The molecule has 0 heterocycles. The Bertz CT molecular complexity index is 721. The first kappa shape index (κ1) is 29.7. The van der Waals surface area contributed by atoms with Crippen LogP contribution in [0.1, 0.15) is 76.7 Å². The van der Waals surface area contributed by atoms with Gasteiger partial charge in [0.25, 0.3) is 0 Å². The second kappa shape index (κ2) is 20.0. The molecule has 1 aromatic rings. The van der Waals surface area contributed by atoms with E-state index in [1.165, 1.54) is 7.11 Å². The maximum absolute atomic E-state index is 11.0. The van der Waals surface area contributed by atoms with Gasteiger partial charge in [0.05, 0.1) is 33.0 Å². The van der Waals surface area contributed by atoms with Gasteiger partial charge in [0.2, 0.25) is 0 Å². The van der Waals surface area contributed by atoms with Gasteiger partial charge in [-0.05, 0) is 56.2 Å². The minimum absolute atomic E-state index is 0.151. The number of methoxy groups -OCH3 is 2. The topological polar surface area (TPSA) is 65.0 Å². The summed E-state index contributed by atoms with van der Waals surface area (Å²) < 4.78 is 15.9. The second-order valence-electron chi connectivity index (χ2n) is 8.35. The van der Waals surface area contributed by atoms with Crippen LogP contribution in [0.4, 0.5) is 0 Å². The van der Waals surface area contributed by atoms with Crippen LogP contribution in [0, 0.1) is 0 Å². The third kappa shape index (κ3) is 14.7. The molecular weight excluding hydrogens is 428 g/mol. The molecule has 0 fully saturated rings. The Morgan fingerprint density at radius 2 is 1.62 bits per heavy atom. The number of carbonyl (C=O) groups is 1. The molecule has 2 atom stereocenters. The molecule has 34 heavy (non-hydrogen) atoms. The molecule has 0 aliphatic carbocycles. The van der Waals surface area contributed by atoms with E-state index < -0.39 is 6.10 Å². The Labute approximate surface area is 206 Å². The molecular formula is C29H44O5. The van der Waals surface area contributed by atoms with Crippen molar-refractivity contribution < 1.29 is 24.1 Å². The molecule has 190 valence electrons. The van der Waals surface area contributed by atoms with Crippen LogP contribution >= 0.6 is 0 Å². The number of esters is 1. The number of allylic oxidation sites excluding steroid dienone is 5. The van der Waals surface area contributed by atoms with E-state index >= 15 is 0 Å². The number of aliphatic hydroxyl groups excluding tert-OH is 1. The Kier molecular flexibility index (Phi) is 17.5. The normalized spacial score (nSPS) is 13.6. The van der Waals surface area contributed by atoms with Gasteiger partial charge in [-0.3, -0.25) is 4.79 Å². The van der Waals surface area contributed by atoms with Gasteiger partial charge in [0.1, 0.15) is 5.75 Å². The van der Waals surface area contributed by atoms with E-state index in [0.29, 0.717) is 19.4 Å². The molecule has 0 aromatic heterocycles. The smallest absolute Gasteiger partial charge is 0.305 e. The maximum Gasteiger partial charge on any atom is 0.305 e. The van der Waals surface area contributed by atoms with Crippen molar-refractivity contribution in [2.45, 2.75) is 89.9 Å². The van der Waals surface area contributed by atoms with Crippen LogP contribution in [-0.2, 0) is 20.9 Å². The Morgan fingerprint density at radius 3 is 2.26 bits per heavy atom. The molecule has 0 saturated heterocycles. The summed E-state index contributed by atoms with van der Waals surface area (Å²) in [5.74, 6) is 0.673. The molecule has 1 N–H and O–H groups in total. The molecule has 0 spiro atoms. The third-order valence-corrected chi connectivity index (χ3v) is 5.55. The summed E-state index contributed by atoms with van der Waals surface area (Å²) in [5.41, 5.74) is 1.07. The van der Waals surface area contributed by atoms with E-state index in [1.807, 2.05) is 24.3 Å². The van der Waals surface area contributed by atoms with Gasteiger partial charge in [-0.15, -0.1) is 0 Å². The molecule has 0 saturated carbocycles. The van der Waals surface area contributed by atoms with E-state index in [2.05, 4.69) is 48.1 Å². The first-order chi connectivity index (χ1) is 16.6. The monoisotopic (exact) mass is 472 g/mol. The Balaban J connectivity index is 2.39. The van der Waals surface area contributed by atoms with Crippen LogP contribution in [0.25, 0.3) is 0 Å². The standard InChI is InChI=1S/C29H44O5/c1-4-5-14-17-27(30)28(34-24-25-20-22-26(32-2)23-21-25)18-15-12-10-8-6-7-9-11-13-16-19-29(31)33-3/h6,8-9,11-12,15,20-23,27-28,30H,4-5,7,10,13-14,16-19,24H2,1-3H3/b8-6-,11-9-,15-12-/t27-,28+/m1/s1. The van der Waals surface area contributed by atoms with E-state index in [-0.39, 0.29) is 12.1 Å². The summed E-state index contributed by atoms with van der Waals surface area (Å²) in [6.07, 6.45) is 20.7. The largest absolute Gasteiger partial charge is 0.497 e. The van der Waals surface area contributed by atoms with Crippen LogP contribution in [0.3, 0.4) is 0 Å². The fraction of sp³-hybridized carbons (Fsp3) is 0.552. The molecule has 0 amide bonds. The van der Waals surface area contributed by atoms with Crippen molar-refractivity contribution in [3.8, 4) is 5.75 Å². The number of benzene rings is 1. The lowest BCUT2D eigenvalue weighted by Gasteiger charge is -2.22. The van der Waals surface area contributed by atoms with Crippen LogP contribution in [0.5, 0.6) is 5.75 Å². The summed E-state index contributed by atoms with van der Waals surface area (Å²) in [7, 11) is 3.07. The van der Waals surface area contributed by atoms with E-state index in [0.717, 1.165) is 62.7 Å². The highest BCUT2D eigenvalue weighted by atomic mass is 16.5. The maximum atomic E-state index is 11.0. The van der Waals surface area contributed by atoms with Crippen LogP contribution in [0.15, 0.2) is 60.7 Å². The summed E-state index contributed by atoms with van der Waals surface area (Å²) in [6.45, 7) is 2.64. The number of hydrogen-bond acceptors (Lipinski definition) is 5. The van der Waals surface area contributed by atoms with E-state index in [4.69, 9.17) is 9.47 Å². The molecule has 0 bridgehead atoms. The lowest BCUT2D eigenvalue weighted by Crippen LogP contribution is -2.28. The van der Waals surface area contributed by atoms with Crippen molar-refractivity contribution in [2.75, 3.05) is 14.2 Å². The summed E-state index contributed by atoms with van der Waals surface area (Å²) in [4.78, 5) is 11.0. The SMILES string of the molecule is CCCCC[C@@H](O)[C@H](C/C=C\C/C=C\C/C=C\CCCC(=O)OC)OCc1ccc(OC)cc1. The van der Waals surface area contributed by atoms with Crippen molar-refractivity contribution >= 4 is 5.97 Å². The number of rotatable bonds is 19. The highest BCUT2D eigenvalue weighted by Gasteiger charge is 2.18. The molecule has 0 radical (unpaired) electrons. The molecule has 0 aliphatic heterocycles. The van der Waals surface area contributed by atoms with E-state index in [9.17, 15) is 9.90 Å². The highest BCUT2D eigenvalue weighted by Crippen LogP contribution is 2.17. The number of ether oxygens (including phenoxy) is 3. The van der Waals surface area contributed by atoms with Gasteiger partial charge >= 0.3 is 5.97 Å². The van der Waals surface area contributed by atoms with Crippen molar-refractivity contribution in [3.05, 3.63) is 66.3 Å². The first-order valence-electron chi connectivity index (χ1n) is 12.5. The summed E-state index contributed by atoms with van der Waals surface area (Å²) in [6, 6.07) is 7.84. The Morgan fingerprint density at radius 1 is 0.941 bits per heavy atom. The van der Waals surface area contributed by atoms with Gasteiger partial charge in [-0.25, -0.2) is 0 Å². The third-order valence-electron chi connectivity index (χ3n) is 5.55. The second-order valence-corrected chi connectivity index (χ2v) is 8.35. The van der Waals surface area contributed by atoms with Gasteiger partial charge in [0, 0.05) is 6.42 Å². The predicted molar refractivity (Wildman–Crippen MR) is 139 cm³/mol. The van der Waals surface area contributed by atoms with Gasteiger partial charge in [-0.1, -0.05) is 74.8 Å². The van der Waals surface area contributed by atoms with Gasteiger partial charge in [0.15, 0.2) is 0 Å². The van der Waals surface area contributed by atoms with Crippen molar-refractivity contribution in [1.82, 2.24) is 0 Å². The van der Waals surface area contributed by atoms with Crippen molar-refractivity contribution in [2.24, 2.45) is 0 Å². The summed E-state index contributed by atoms with van der Waals surface area (Å²) in [5, 5.41) is 10.7. The zero-order valence-corrected chi connectivity index (χ0v) is 21.3. The molecule has 1 rings (SSSR count). The number of carbonyl (C=O) groups excluding carboxylic acids is 1. The van der Waals surface area contributed by atoms with Gasteiger partial charge in [-0.2, -0.15) is 0 Å². The highest BCUT2D eigenvalue weighted by molar-refractivity contribution is 5.69. The average molecular weight is 473 g/mol. The van der Waals surface area contributed by atoms with Crippen LogP contribution in [-0.4, -0.2) is 37.5 Å².